The minimum absolute atomic E-state index is 0.00324. The highest BCUT2D eigenvalue weighted by molar-refractivity contribution is 6.40. The number of nitrogens with zero attached hydrogens (tertiary/aromatic N) is 4. The van der Waals surface area contributed by atoms with Crippen LogP contribution in [0.5, 0.6) is 23.0 Å². The van der Waals surface area contributed by atoms with Crippen molar-refractivity contribution >= 4 is 76.3 Å². The van der Waals surface area contributed by atoms with Gasteiger partial charge in [0.25, 0.3) is 11.8 Å². The van der Waals surface area contributed by atoms with Gasteiger partial charge in [-0.2, -0.15) is 0 Å². The molecule has 20 heteroatoms. The topological polar surface area (TPSA) is 269 Å². The van der Waals surface area contributed by atoms with Gasteiger partial charge in [0.05, 0.1) is 60.9 Å². The normalized spacial score (nSPS) is 16.2. The third-order valence-corrected chi connectivity index (χ3v) is 14.4. The van der Waals surface area contributed by atoms with Gasteiger partial charge in [0.2, 0.25) is 23.4 Å². The van der Waals surface area contributed by atoms with Crippen molar-refractivity contribution in [3.63, 3.8) is 0 Å². The van der Waals surface area contributed by atoms with Crippen LogP contribution in [0.3, 0.4) is 0 Å². The molecule has 4 atom stereocenters. The molecule has 20 nitrogen and oxygen atoms in total. The first-order valence-corrected chi connectivity index (χ1v) is 26.8. The minimum Gasteiger partial charge on any atom is -0.494 e. The first-order valence-electron chi connectivity index (χ1n) is 26.8. The number of ketones is 2. The van der Waals surface area contributed by atoms with Gasteiger partial charge in [-0.15, -0.1) is 0 Å². The van der Waals surface area contributed by atoms with Gasteiger partial charge in [-0.1, -0.05) is 50.2 Å². The van der Waals surface area contributed by atoms with E-state index in [0.29, 0.717) is 70.3 Å². The van der Waals surface area contributed by atoms with Crippen molar-refractivity contribution in [3.8, 4) is 23.0 Å². The van der Waals surface area contributed by atoms with Gasteiger partial charge in [-0.3, -0.25) is 54.0 Å². The lowest BCUT2D eigenvalue weighted by Gasteiger charge is -2.25. The Balaban J connectivity index is 0.894. The number of rotatable bonds is 24. The molecular weight excluding hydrogens is 1020 g/mol. The standard InChI is InChI=1S/C60H66N10O10/c1-34(2)55(57(74)67-45(14-10-18-64-60(61)62)56(73)50(71)31-63-4)68-54(72)17-11-19-78-42-22-36(32-79-51-27-46-43(20-35(51)3)58(75)69-40(29-65-46)24-38-12-6-8-15-48(38)69)21-37(23-42)33-80-53-28-47-44(26-52(53)77-5)59(76)70-41(30-66-47)25-39-13-7-9-16-49(39)70/h6-9,12-13,15-16,20-23,26-30,34,40-41,45,55,63H,10-11,14,17-19,24-25,31-33H2,1-5H3,(H,67,74)(H,68,72)(H4,61,62,64)/t40-,41-,45-,55-/m0/s1. The fraction of sp³-hybridized carbons (Fsp3) is 0.350. The van der Waals surface area contributed by atoms with E-state index in [1.165, 1.54) is 14.2 Å². The van der Waals surface area contributed by atoms with E-state index in [0.717, 1.165) is 33.6 Å². The van der Waals surface area contributed by atoms with Crippen LogP contribution in [-0.2, 0) is 45.2 Å². The molecule has 0 radical (unpaired) electrons. The number of hydrogen-bond donors (Lipinski definition) is 6. The summed E-state index contributed by atoms with van der Waals surface area (Å²) in [6.45, 7) is 5.70. The summed E-state index contributed by atoms with van der Waals surface area (Å²) >= 11 is 0. The van der Waals surface area contributed by atoms with E-state index in [9.17, 15) is 28.8 Å². The predicted octanol–water partition coefficient (Wildman–Crippen LogP) is 6.14. The lowest BCUT2D eigenvalue weighted by atomic mass is 9.99. The Labute approximate surface area is 464 Å². The molecule has 0 aromatic heterocycles. The van der Waals surface area contributed by atoms with Crippen molar-refractivity contribution in [2.45, 2.75) is 96.7 Å². The van der Waals surface area contributed by atoms with Crippen LogP contribution < -0.4 is 55.7 Å². The summed E-state index contributed by atoms with van der Waals surface area (Å²) in [4.78, 5) is 94.0. The zero-order valence-electron chi connectivity index (χ0n) is 45.4. The molecule has 4 aliphatic heterocycles. The molecular formula is C60H66N10O10. The summed E-state index contributed by atoms with van der Waals surface area (Å²) < 4.78 is 25.0. The average Bonchev–Trinajstić information content (AvgIpc) is 4.03. The third kappa shape index (κ3) is 12.5. The summed E-state index contributed by atoms with van der Waals surface area (Å²) in [6, 6.07) is 25.7. The van der Waals surface area contributed by atoms with Crippen LogP contribution in [0.25, 0.3) is 0 Å². The highest BCUT2D eigenvalue weighted by atomic mass is 16.5. The number of anilines is 2. The van der Waals surface area contributed by atoms with Crippen LogP contribution in [-0.4, -0.2) is 112 Å². The Morgan fingerprint density at radius 2 is 1.34 bits per heavy atom. The molecule has 4 amide bonds. The maximum Gasteiger partial charge on any atom is 0.261 e. The van der Waals surface area contributed by atoms with Crippen molar-refractivity contribution in [1.29, 1.82) is 5.41 Å². The highest BCUT2D eigenvalue weighted by Crippen LogP contribution is 2.42. The van der Waals surface area contributed by atoms with Crippen molar-refractivity contribution < 1.29 is 47.7 Å². The molecule has 7 N–H and O–H groups in total. The molecule has 0 saturated carbocycles. The smallest absolute Gasteiger partial charge is 0.261 e. The number of carbonyl (C=O) groups excluding carboxylic acids is 6. The quantitative estimate of drug-likeness (QED) is 0.0176. The lowest BCUT2D eigenvalue weighted by Crippen LogP contribution is -2.55. The zero-order valence-corrected chi connectivity index (χ0v) is 45.4. The Kier molecular flexibility index (Phi) is 17.3. The van der Waals surface area contributed by atoms with Gasteiger partial charge in [0.1, 0.15) is 30.8 Å². The number of aryl methyl sites for hydroxylation is 1. The molecule has 0 unspecified atom stereocenters. The van der Waals surface area contributed by atoms with Crippen LogP contribution in [0.15, 0.2) is 101 Å². The van der Waals surface area contributed by atoms with Crippen LogP contribution in [0.4, 0.5) is 22.7 Å². The van der Waals surface area contributed by atoms with E-state index >= 15 is 0 Å². The number of guanidine groups is 1. The number of para-hydroxylation sites is 2. The van der Waals surface area contributed by atoms with E-state index in [2.05, 4.69) is 21.3 Å². The van der Waals surface area contributed by atoms with E-state index in [-0.39, 0.29) is 87.9 Å². The molecule has 4 heterocycles. The molecule has 4 aliphatic rings. The summed E-state index contributed by atoms with van der Waals surface area (Å²) in [6.07, 6.45) is 5.64. The number of nitrogens with one attached hydrogen (secondary N) is 5. The molecule has 0 saturated heterocycles. The molecule has 9 rings (SSSR count). The number of ether oxygens (including phenoxy) is 4. The summed E-state index contributed by atoms with van der Waals surface area (Å²) in [7, 11) is 3.05. The van der Waals surface area contributed by atoms with Gasteiger partial charge < -0.3 is 45.9 Å². The van der Waals surface area contributed by atoms with Crippen LogP contribution in [0.1, 0.15) is 88.1 Å². The van der Waals surface area contributed by atoms with E-state index < -0.39 is 35.5 Å². The molecule has 0 fully saturated rings. The fourth-order valence-corrected chi connectivity index (χ4v) is 10.4. The number of fused-ring (bicyclic) bond motifs is 8. The number of nitrogens with two attached hydrogens (primary N) is 1. The predicted molar refractivity (Wildman–Crippen MR) is 304 cm³/mol. The van der Waals surface area contributed by atoms with Gasteiger partial charge >= 0.3 is 0 Å². The van der Waals surface area contributed by atoms with Crippen molar-refractivity contribution in [3.05, 3.63) is 130 Å². The lowest BCUT2D eigenvalue weighted by molar-refractivity contribution is -0.139. The average molecular weight is 1090 g/mol. The molecule has 0 spiro atoms. The first-order chi connectivity index (χ1) is 38.6. The zero-order chi connectivity index (χ0) is 56.6. The minimum atomic E-state index is -1.15. The Morgan fingerprint density at radius 3 is 1.93 bits per heavy atom. The van der Waals surface area contributed by atoms with Crippen LogP contribution in [0.2, 0.25) is 0 Å². The monoisotopic (exact) mass is 1090 g/mol. The summed E-state index contributed by atoms with van der Waals surface area (Å²) in [5, 5.41) is 18.2. The molecule has 416 valence electrons. The number of methoxy groups -OCH3 is 1. The SMILES string of the molecule is CNCC(=O)C(=O)[C@H](CCCNC(=N)N)NC(=O)[C@@H](NC(=O)CCCOc1cc(COc2cc3c(cc2C)C(=O)N2c4ccccc4C[C@H]2C=N3)cc(COc2cc3c(cc2OC)C(=O)N2c4ccccc4C[C@H]2C=N3)c1)C(C)C. The number of aliphatic imine (C=N–C) groups is 2. The van der Waals surface area contributed by atoms with Gasteiger partial charge in [0, 0.05) is 61.7 Å². The molecule has 5 aromatic rings. The second-order valence-electron chi connectivity index (χ2n) is 20.5. The number of Topliss-reactive ketones (excluding diaryl/α,β-unsaturated/α-hetero) is 2. The summed E-state index contributed by atoms with van der Waals surface area (Å²) in [5.74, 6) is -1.72. The van der Waals surface area contributed by atoms with Crippen molar-refractivity contribution in [2.24, 2.45) is 21.6 Å². The maximum atomic E-state index is 14.1. The van der Waals surface area contributed by atoms with Gasteiger partial charge in [0.15, 0.2) is 17.5 Å². The van der Waals surface area contributed by atoms with Crippen LogP contribution in [0, 0.1) is 18.3 Å². The third-order valence-electron chi connectivity index (χ3n) is 14.4. The fourth-order valence-electron chi connectivity index (χ4n) is 10.4. The van der Waals surface area contributed by atoms with Crippen molar-refractivity contribution in [2.75, 3.05) is 43.7 Å². The molecule has 5 aromatic carbocycles. The first kappa shape index (κ1) is 55.8. The Morgan fingerprint density at radius 1 is 0.750 bits per heavy atom. The Bertz CT molecular complexity index is 3300. The van der Waals surface area contributed by atoms with E-state index in [4.69, 9.17) is 40.1 Å². The molecule has 0 bridgehead atoms. The number of amides is 4. The van der Waals surface area contributed by atoms with Crippen molar-refractivity contribution in [1.82, 2.24) is 21.3 Å². The number of likely N-dealkylation sites (N-methyl/N-ethyl adjacent to an activating group) is 1. The highest BCUT2D eigenvalue weighted by Gasteiger charge is 2.38. The largest absolute Gasteiger partial charge is 0.494 e. The molecule has 80 heavy (non-hydrogen) atoms. The summed E-state index contributed by atoms with van der Waals surface area (Å²) in [5.41, 5.74) is 13.3. The Hall–Kier alpha value is -8.91. The number of hydrogen-bond acceptors (Lipinski definition) is 14. The van der Waals surface area contributed by atoms with Crippen LogP contribution >= 0.6 is 0 Å². The van der Waals surface area contributed by atoms with E-state index in [1.807, 2.05) is 90.8 Å². The second-order valence-corrected chi connectivity index (χ2v) is 20.5. The maximum absolute atomic E-state index is 14.1. The number of carbonyl (C=O) groups is 6. The second kappa shape index (κ2) is 24.8. The van der Waals surface area contributed by atoms with E-state index in [1.54, 1.807) is 43.2 Å². The number of benzene rings is 5. The van der Waals surface area contributed by atoms with Gasteiger partial charge in [-0.05, 0) is 109 Å². The van der Waals surface area contributed by atoms with Gasteiger partial charge in [-0.25, -0.2) is 0 Å². The molecule has 0 aliphatic carbocycles.